The molecule has 4 rings (SSSR count). The molecule has 7 nitrogen and oxygen atoms in total. The van der Waals surface area contributed by atoms with Gasteiger partial charge in [0.1, 0.15) is 0 Å². The Morgan fingerprint density at radius 1 is 1.13 bits per heavy atom. The lowest BCUT2D eigenvalue weighted by Gasteiger charge is -2.34. The van der Waals surface area contributed by atoms with E-state index in [0.29, 0.717) is 12.5 Å². The smallest absolute Gasteiger partial charge is 0.317 e. The summed E-state index contributed by atoms with van der Waals surface area (Å²) in [6.45, 7) is 5.94. The molecule has 2 aliphatic heterocycles. The van der Waals surface area contributed by atoms with Gasteiger partial charge in [-0.15, -0.1) is 23.7 Å². The van der Waals surface area contributed by atoms with Crippen molar-refractivity contribution in [2.24, 2.45) is 5.92 Å². The van der Waals surface area contributed by atoms with Gasteiger partial charge in [0.15, 0.2) is 0 Å². The second-order valence-electron chi connectivity index (χ2n) is 8.68. The van der Waals surface area contributed by atoms with Crippen LogP contribution in [0, 0.1) is 5.92 Å². The molecule has 1 aliphatic carbocycles. The zero-order chi connectivity index (χ0) is 20.9. The van der Waals surface area contributed by atoms with Gasteiger partial charge in [0.2, 0.25) is 0 Å². The number of aromatic nitrogens is 1. The normalized spacial score (nSPS) is 24.5. The van der Waals surface area contributed by atoms with E-state index in [4.69, 9.17) is 9.72 Å². The Balaban J connectivity index is 0.00000272. The van der Waals surface area contributed by atoms with Crippen LogP contribution in [-0.4, -0.2) is 60.7 Å². The minimum Gasteiger partial charge on any atom is -0.466 e. The molecule has 3 heterocycles. The largest absolute Gasteiger partial charge is 0.466 e. The average Bonchev–Trinajstić information content (AvgIpc) is 3.05. The Kier molecular flexibility index (Phi) is 8.98. The summed E-state index contributed by atoms with van der Waals surface area (Å²) in [6, 6.07) is 0.221. The zero-order valence-corrected chi connectivity index (χ0v) is 20.0. The van der Waals surface area contributed by atoms with Crippen molar-refractivity contribution in [2.75, 3.05) is 32.8 Å². The highest BCUT2D eigenvalue weighted by Gasteiger charge is 2.31. The third kappa shape index (κ3) is 6.11. The number of fused-ring (bicyclic) bond motifs is 1. The maximum Gasteiger partial charge on any atom is 0.317 e. The minimum atomic E-state index is -0.0832. The summed E-state index contributed by atoms with van der Waals surface area (Å²) in [4.78, 5) is 33.0. The lowest BCUT2D eigenvalue weighted by molar-refractivity contribution is -0.149. The molecule has 1 aromatic heterocycles. The molecule has 2 N–H and O–H groups in total. The fraction of sp³-hybridized carbons (Fsp3) is 0.773. The third-order valence-corrected chi connectivity index (χ3v) is 7.99. The number of esters is 1. The monoisotopic (exact) mass is 470 g/mol. The number of likely N-dealkylation sites (tertiary alicyclic amines) is 1. The second kappa shape index (κ2) is 11.5. The van der Waals surface area contributed by atoms with Crippen molar-refractivity contribution >= 4 is 35.7 Å². The number of nitrogens with one attached hydrogen (secondary N) is 2. The number of urea groups is 1. The maximum absolute atomic E-state index is 12.7. The zero-order valence-electron chi connectivity index (χ0n) is 18.4. The van der Waals surface area contributed by atoms with Gasteiger partial charge in [-0.1, -0.05) is 0 Å². The van der Waals surface area contributed by atoms with Gasteiger partial charge in [-0.05, 0) is 51.9 Å². The number of carbonyl (C=O) groups is 2. The van der Waals surface area contributed by atoms with Gasteiger partial charge in [-0.25, -0.2) is 9.78 Å². The van der Waals surface area contributed by atoms with Gasteiger partial charge in [-0.2, -0.15) is 0 Å². The van der Waals surface area contributed by atoms with Crippen LogP contribution in [0.3, 0.4) is 0 Å². The number of thiazole rings is 1. The van der Waals surface area contributed by atoms with E-state index in [0.717, 1.165) is 77.5 Å². The van der Waals surface area contributed by atoms with Crippen molar-refractivity contribution in [2.45, 2.75) is 70.3 Å². The summed E-state index contributed by atoms with van der Waals surface area (Å²) in [5.74, 6) is 0.400. The predicted octanol–water partition coefficient (Wildman–Crippen LogP) is 3.26. The number of carbonyl (C=O) groups excluding carboxylic acids is 2. The number of rotatable bonds is 4. The van der Waals surface area contributed by atoms with E-state index in [2.05, 4.69) is 10.6 Å². The Hall–Kier alpha value is -1.38. The summed E-state index contributed by atoms with van der Waals surface area (Å²) in [5.41, 5.74) is 1.29. The van der Waals surface area contributed by atoms with Crippen molar-refractivity contribution in [3.05, 3.63) is 15.6 Å². The highest BCUT2D eigenvalue weighted by molar-refractivity contribution is 7.11. The lowest BCUT2D eigenvalue weighted by atomic mass is 9.86. The van der Waals surface area contributed by atoms with Crippen molar-refractivity contribution in [1.29, 1.82) is 0 Å². The summed E-state index contributed by atoms with van der Waals surface area (Å²) in [6.07, 6.45) is 7.42. The van der Waals surface area contributed by atoms with Crippen LogP contribution in [0.4, 0.5) is 4.79 Å². The molecule has 0 radical (unpaired) electrons. The molecular weight excluding hydrogens is 436 g/mol. The molecule has 0 spiro atoms. The fourth-order valence-electron chi connectivity index (χ4n) is 4.83. The first kappa shape index (κ1) is 24.3. The number of nitrogens with zero attached hydrogens (tertiary/aromatic N) is 2. The first-order valence-electron chi connectivity index (χ1n) is 11.5. The number of halogens is 1. The molecule has 2 fully saturated rings. The summed E-state index contributed by atoms with van der Waals surface area (Å²) < 4.78 is 5.13. The standard InChI is InChI=1S/C22H34N4O3S.ClH/c1-2-29-21(27)16-3-5-17(6-4-16)24-22(28)26-13-9-15(10-14-26)20-25-18-7-11-23-12-8-19(18)30-20;/h15-17,23H,2-14H2,1H3,(H,24,28);1H. The van der Waals surface area contributed by atoms with Crippen molar-refractivity contribution < 1.29 is 14.3 Å². The van der Waals surface area contributed by atoms with Crippen molar-refractivity contribution in [3.63, 3.8) is 0 Å². The lowest BCUT2D eigenvalue weighted by Crippen LogP contribution is -2.48. The van der Waals surface area contributed by atoms with Gasteiger partial charge in [0.25, 0.3) is 0 Å². The number of piperidine rings is 1. The van der Waals surface area contributed by atoms with E-state index in [-0.39, 0.29) is 36.4 Å². The number of hydrogen-bond donors (Lipinski definition) is 2. The Labute approximate surface area is 195 Å². The molecule has 2 amide bonds. The van der Waals surface area contributed by atoms with Gasteiger partial charge in [-0.3, -0.25) is 4.79 Å². The van der Waals surface area contributed by atoms with Gasteiger partial charge in [0.05, 0.1) is 23.2 Å². The molecule has 0 aromatic carbocycles. The summed E-state index contributed by atoms with van der Waals surface area (Å²) in [7, 11) is 0. The highest BCUT2D eigenvalue weighted by Crippen LogP contribution is 2.33. The molecule has 1 saturated carbocycles. The average molecular weight is 471 g/mol. The van der Waals surface area contributed by atoms with Gasteiger partial charge >= 0.3 is 12.0 Å². The number of amides is 2. The van der Waals surface area contributed by atoms with Crippen LogP contribution in [0.1, 0.15) is 66.9 Å². The molecule has 0 unspecified atom stereocenters. The van der Waals surface area contributed by atoms with Crippen molar-refractivity contribution in [3.8, 4) is 0 Å². The number of ether oxygens (including phenoxy) is 1. The Morgan fingerprint density at radius 3 is 2.55 bits per heavy atom. The van der Waals surface area contributed by atoms with Gasteiger partial charge < -0.3 is 20.3 Å². The van der Waals surface area contributed by atoms with Crippen LogP contribution in [0.5, 0.6) is 0 Å². The molecule has 0 bridgehead atoms. The van der Waals surface area contributed by atoms with E-state index in [1.807, 2.05) is 23.2 Å². The minimum absolute atomic E-state index is 0. The molecule has 3 aliphatic rings. The SMILES string of the molecule is CCOC(=O)C1CCC(NC(=O)N2CCC(c3nc4c(s3)CCNCC4)CC2)CC1.Cl. The molecule has 0 atom stereocenters. The van der Waals surface area contributed by atoms with Crippen LogP contribution in [0.2, 0.25) is 0 Å². The molecule has 31 heavy (non-hydrogen) atoms. The topological polar surface area (TPSA) is 83.6 Å². The summed E-state index contributed by atoms with van der Waals surface area (Å²) >= 11 is 1.89. The fourth-order valence-corrected chi connectivity index (χ4v) is 6.11. The first-order valence-corrected chi connectivity index (χ1v) is 12.4. The van der Waals surface area contributed by atoms with Crippen LogP contribution in [-0.2, 0) is 22.4 Å². The Bertz CT molecular complexity index is 720. The van der Waals surface area contributed by atoms with E-state index < -0.39 is 0 Å². The highest BCUT2D eigenvalue weighted by atomic mass is 35.5. The van der Waals surface area contributed by atoms with Crippen LogP contribution >= 0.6 is 23.7 Å². The van der Waals surface area contributed by atoms with Crippen LogP contribution in [0.15, 0.2) is 0 Å². The van der Waals surface area contributed by atoms with E-state index in [9.17, 15) is 9.59 Å². The second-order valence-corrected chi connectivity index (χ2v) is 9.80. The first-order chi connectivity index (χ1) is 14.6. The summed E-state index contributed by atoms with van der Waals surface area (Å²) in [5, 5.41) is 7.91. The Morgan fingerprint density at radius 2 is 1.84 bits per heavy atom. The van der Waals surface area contributed by atoms with E-state index in [1.165, 1.54) is 15.6 Å². The molecule has 1 saturated heterocycles. The quantitative estimate of drug-likeness (QED) is 0.660. The van der Waals surface area contributed by atoms with Crippen LogP contribution < -0.4 is 10.6 Å². The molecule has 9 heteroatoms. The molecule has 1 aromatic rings. The third-order valence-electron chi connectivity index (χ3n) is 6.67. The molecular formula is C22H35ClN4O3S. The predicted molar refractivity (Wildman–Crippen MR) is 124 cm³/mol. The maximum atomic E-state index is 12.7. The number of hydrogen-bond acceptors (Lipinski definition) is 6. The van der Waals surface area contributed by atoms with Gasteiger partial charge in [0, 0.05) is 49.4 Å². The van der Waals surface area contributed by atoms with Crippen molar-refractivity contribution in [1.82, 2.24) is 20.5 Å². The van der Waals surface area contributed by atoms with E-state index >= 15 is 0 Å². The van der Waals surface area contributed by atoms with Crippen LogP contribution in [0.25, 0.3) is 0 Å². The molecule has 174 valence electrons. The van der Waals surface area contributed by atoms with E-state index in [1.54, 1.807) is 0 Å².